The Morgan fingerprint density at radius 1 is 1.17 bits per heavy atom. The van der Waals surface area contributed by atoms with Crippen LogP contribution in [0.15, 0.2) is 6.20 Å². The lowest BCUT2D eigenvalue weighted by atomic mass is 10.3. The maximum absolute atomic E-state index is 12.3. The van der Waals surface area contributed by atoms with Gasteiger partial charge in [0.1, 0.15) is 6.54 Å². The highest BCUT2D eigenvalue weighted by Gasteiger charge is 2.32. The predicted octanol–water partition coefficient (Wildman–Crippen LogP) is -0.481. The van der Waals surface area contributed by atoms with Crippen LogP contribution < -0.4 is 5.73 Å². The van der Waals surface area contributed by atoms with Gasteiger partial charge in [-0.15, -0.1) is 11.3 Å². The fourth-order valence-corrected chi connectivity index (χ4v) is 3.53. The minimum absolute atomic E-state index is 0.122. The van der Waals surface area contributed by atoms with Crippen molar-refractivity contribution in [2.24, 2.45) is 0 Å². The SMILES string of the molecule is Nc1ncc(CN2CCN(C(=O)CN3C(=O)CCC3=O)CC2)s1. The van der Waals surface area contributed by atoms with E-state index in [1.807, 2.05) is 0 Å². The van der Waals surface area contributed by atoms with E-state index < -0.39 is 0 Å². The highest BCUT2D eigenvalue weighted by molar-refractivity contribution is 7.15. The number of imide groups is 1. The molecule has 23 heavy (non-hydrogen) atoms. The number of carbonyl (C=O) groups excluding carboxylic acids is 3. The summed E-state index contributed by atoms with van der Waals surface area (Å²) in [7, 11) is 0. The predicted molar refractivity (Wildman–Crippen MR) is 84.3 cm³/mol. The molecule has 0 unspecified atom stereocenters. The molecule has 2 aliphatic heterocycles. The van der Waals surface area contributed by atoms with Crippen LogP contribution in [0.1, 0.15) is 17.7 Å². The molecule has 8 nitrogen and oxygen atoms in total. The number of nitrogen functional groups attached to an aromatic ring is 1. The average Bonchev–Trinajstić information content (AvgIpc) is 3.08. The van der Waals surface area contributed by atoms with Gasteiger partial charge in [0.15, 0.2) is 5.13 Å². The van der Waals surface area contributed by atoms with E-state index in [9.17, 15) is 14.4 Å². The number of aromatic nitrogens is 1. The van der Waals surface area contributed by atoms with Gasteiger partial charge in [-0.05, 0) is 0 Å². The number of hydrogen-bond acceptors (Lipinski definition) is 7. The van der Waals surface area contributed by atoms with Gasteiger partial charge in [0.05, 0.1) is 0 Å². The Kier molecular flexibility index (Phi) is 4.58. The first-order valence-corrected chi connectivity index (χ1v) is 8.38. The summed E-state index contributed by atoms with van der Waals surface area (Å²) < 4.78 is 0. The second kappa shape index (κ2) is 6.63. The second-order valence-corrected chi connectivity index (χ2v) is 6.84. The Bertz CT molecular complexity index is 608. The summed E-state index contributed by atoms with van der Waals surface area (Å²) in [6.45, 7) is 3.37. The zero-order chi connectivity index (χ0) is 16.4. The summed E-state index contributed by atoms with van der Waals surface area (Å²) in [5, 5.41) is 0.564. The molecule has 3 rings (SSSR count). The molecule has 124 valence electrons. The third kappa shape index (κ3) is 3.67. The normalized spacial score (nSPS) is 19.7. The van der Waals surface area contributed by atoms with E-state index in [4.69, 9.17) is 5.73 Å². The zero-order valence-electron chi connectivity index (χ0n) is 12.7. The summed E-state index contributed by atoms with van der Waals surface area (Å²) in [6.07, 6.45) is 2.22. The molecule has 2 saturated heterocycles. The van der Waals surface area contributed by atoms with Crippen LogP contribution in [0.25, 0.3) is 0 Å². The van der Waals surface area contributed by atoms with Gasteiger partial charge in [-0.2, -0.15) is 0 Å². The lowest BCUT2D eigenvalue weighted by molar-refractivity contribution is -0.146. The van der Waals surface area contributed by atoms with Gasteiger partial charge >= 0.3 is 0 Å². The minimum Gasteiger partial charge on any atom is -0.375 e. The van der Waals surface area contributed by atoms with Crippen LogP contribution in [0, 0.1) is 0 Å². The largest absolute Gasteiger partial charge is 0.375 e. The van der Waals surface area contributed by atoms with Crippen LogP contribution in [-0.4, -0.2) is 70.1 Å². The summed E-state index contributed by atoms with van der Waals surface area (Å²) in [6, 6.07) is 0. The fraction of sp³-hybridized carbons (Fsp3) is 0.571. The summed E-state index contributed by atoms with van der Waals surface area (Å²) in [5.74, 6) is -0.648. The first kappa shape index (κ1) is 15.9. The number of likely N-dealkylation sites (tertiary alicyclic amines) is 1. The van der Waals surface area contributed by atoms with E-state index in [-0.39, 0.29) is 37.1 Å². The van der Waals surface area contributed by atoms with Crippen LogP contribution in [-0.2, 0) is 20.9 Å². The van der Waals surface area contributed by atoms with E-state index in [2.05, 4.69) is 9.88 Å². The van der Waals surface area contributed by atoms with Gasteiger partial charge in [0, 0.05) is 56.6 Å². The minimum atomic E-state index is -0.246. The molecular weight excluding hydrogens is 318 g/mol. The van der Waals surface area contributed by atoms with Crippen molar-refractivity contribution >= 4 is 34.2 Å². The Morgan fingerprint density at radius 3 is 2.39 bits per heavy atom. The lowest BCUT2D eigenvalue weighted by Crippen LogP contribution is -2.51. The molecule has 0 atom stereocenters. The molecule has 2 aliphatic rings. The number of amides is 3. The Hall–Kier alpha value is -2.00. The van der Waals surface area contributed by atoms with E-state index in [0.717, 1.165) is 29.4 Å². The maximum Gasteiger partial charge on any atom is 0.242 e. The first-order chi connectivity index (χ1) is 11.0. The van der Waals surface area contributed by atoms with Crippen molar-refractivity contribution in [1.29, 1.82) is 0 Å². The van der Waals surface area contributed by atoms with Crippen LogP contribution in [0.3, 0.4) is 0 Å². The Morgan fingerprint density at radius 2 is 1.83 bits per heavy atom. The molecule has 3 heterocycles. The highest BCUT2D eigenvalue weighted by atomic mass is 32.1. The highest BCUT2D eigenvalue weighted by Crippen LogP contribution is 2.18. The third-order valence-electron chi connectivity index (χ3n) is 4.12. The Labute approximate surface area is 137 Å². The molecule has 0 radical (unpaired) electrons. The number of hydrogen-bond donors (Lipinski definition) is 1. The third-order valence-corrected chi connectivity index (χ3v) is 4.94. The zero-order valence-corrected chi connectivity index (χ0v) is 13.5. The van der Waals surface area contributed by atoms with E-state index >= 15 is 0 Å². The summed E-state index contributed by atoms with van der Waals surface area (Å²) in [4.78, 5) is 45.6. The second-order valence-electron chi connectivity index (χ2n) is 5.70. The van der Waals surface area contributed by atoms with Crippen LogP contribution >= 0.6 is 11.3 Å². The molecule has 0 aliphatic carbocycles. The van der Waals surface area contributed by atoms with Crippen LogP contribution in [0.2, 0.25) is 0 Å². The topological polar surface area (TPSA) is 99.8 Å². The molecule has 3 amide bonds. The number of piperazine rings is 1. The van der Waals surface area contributed by atoms with Crippen molar-refractivity contribution < 1.29 is 14.4 Å². The monoisotopic (exact) mass is 337 g/mol. The maximum atomic E-state index is 12.3. The average molecular weight is 337 g/mol. The van der Waals surface area contributed by atoms with Crippen molar-refractivity contribution in [2.45, 2.75) is 19.4 Å². The quantitative estimate of drug-likeness (QED) is 0.745. The first-order valence-electron chi connectivity index (χ1n) is 7.56. The van der Waals surface area contributed by atoms with Gasteiger partial charge in [-0.25, -0.2) is 4.98 Å². The van der Waals surface area contributed by atoms with Crippen molar-refractivity contribution in [3.8, 4) is 0 Å². The lowest BCUT2D eigenvalue weighted by Gasteiger charge is -2.35. The number of nitrogens with two attached hydrogens (primary N) is 1. The smallest absolute Gasteiger partial charge is 0.242 e. The van der Waals surface area contributed by atoms with Gasteiger partial charge in [0.2, 0.25) is 17.7 Å². The van der Waals surface area contributed by atoms with Crippen LogP contribution in [0.5, 0.6) is 0 Å². The number of nitrogens with zero attached hydrogens (tertiary/aromatic N) is 4. The molecule has 1 aromatic rings. The summed E-state index contributed by atoms with van der Waals surface area (Å²) in [5.41, 5.74) is 5.62. The molecule has 1 aromatic heterocycles. The molecule has 0 saturated carbocycles. The van der Waals surface area contributed by atoms with Gasteiger partial charge < -0.3 is 10.6 Å². The van der Waals surface area contributed by atoms with Crippen LogP contribution in [0.4, 0.5) is 5.13 Å². The molecule has 0 bridgehead atoms. The van der Waals surface area contributed by atoms with E-state index in [1.165, 1.54) is 11.3 Å². The van der Waals surface area contributed by atoms with Crippen molar-refractivity contribution in [3.63, 3.8) is 0 Å². The van der Waals surface area contributed by atoms with Crippen molar-refractivity contribution in [1.82, 2.24) is 19.7 Å². The molecule has 0 aromatic carbocycles. The van der Waals surface area contributed by atoms with Crippen molar-refractivity contribution in [2.75, 3.05) is 38.5 Å². The number of rotatable bonds is 4. The molecular formula is C14H19N5O3S. The summed E-state index contributed by atoms with van der Waals surface area (Å²) >= 11 is 1.47. The number of thiazole rings is 1. The van der Waals surface area contributed by atoms with E-state index in [1.54, 1.807) is 11.1 Å². The number of anilines is 1. The van der Waals surface area contributed by atoms with Gasteiger partial charge in [0.25, 0.3) is 0 Å². The van der Waals surface area contributed by atoms with Gasteiger partial charge in [-0.3, -0.25) is 24.2 Å². The molecule has 2 N–H and O–H groups in total. The Balaban J connectivity index is 1.47. The molecule has 2 fully saturated rings. The number of carbonyl (C=O) groups is 3. The van der Waals surface area contributed by atoms with Gasteiger partial charge in [-0.1, -0.05) is 0 Å². The van der Waals surface area contributed by atoms with E-state index in [0.29, 0.717) is 18.2 Å². The van der Waals surface area contributed by atoms with Crippen molar-refractivity contribution in [3.05, 3.63) is 11.1 Å². The molecule has 0 spiro atoms. The molecule has 9 heteroatoms. The standard InChI is InChI=1S/C14H19N5O3S/c15-14-16-7-10(23-14)8-17-3-5-18(6-4-17)13(22)9-19-11(20)1-2-12(19)21/h7H,1-6,8-9H2,(H2,15,16). The fourth-order valence-electron chi connectivity index (χ4n) is 2.81.